The second kappa shape index (κ2) is 4.73. The standard InChI is InChI=1S/C15H11N3O4/c1-8-5-9(2)16-15-11(8)4-3-10-6-13(17(19)20)14(18(21)22)7-12(10)15/h3-7H,1-2H3. The van der Waals surface area contributed by atoms with Crippen molar-refractivity contribution in [3.63, 3.8) is 0 Å². The molecule has 0 aliphatic rings. The van der Waals surface area contributed by atoms with Crippen LogP contribution in [0.2, 0.25) is 0 Å². The van der Waals surface area contributed by atoms with E-state index in [9.17, 15) is 20.2 Å². The van der Waals surface area contributed by atoms with Crippen LogP contribution in [0.3, 0.4) is 0 Å². The number of nitrogens with zero attached hydrogens (tertiary/aromatic N) is 3. The summed E-state index contributed by atoms with van der Waals surface area (Å²) in [6.07, 6.45) is 0. The molecule has 0 unspecified atom stereocenters. The summed E-state index contributed by atoms with van der Waals surface area (Å²) in [4.78, 5) is 25.1. The van der Waals surface area contributed by atoms with Crippen molar-refractivity contribution in [2.45, 2.75) is 13.8 Å². The zero-order valence-corrected chi connectivity index (χ0v) is 11.9. The van der Waals surface area contributed by atoms with Crippen LogP contribution in [0.1, 0.15) is 11.3 Å². The zero-order valence-electron chi connectivity index (χ0n) is 11.9. The van der Waals surface area contributed by atoms with Crippen molar-refractivity contribution >= 4 is 33.1 Å². The van der Waals surface area contributed by atoms with E-state index in [1.807, 2.05) is 26.0 Å². The molecule has 0 amide bonds. The highest BCUT2D eigenvalue weighted by atomic mass is 16.6. The van der Waals surface area contributed by atoms with Gasteiger partial charge in [-0.1, -0.05) is 12.1 Å². The van der Waals surface area contributed by atoms with Gasteiger partial charge >= 0.3 is 11.4 Å². The highest BCUT2D eigenvalue weighted by Gasteiger charge is 2.25. The highest BCUT2D eigenvalue weighted by molar-refractivity contribution is 6.08. The minimum Gasteiger partial charge on any atom is -0.258 e. The molecule has 1 heterocycles. The first-order valence-electron chi connectivity index (χ1n) is 6.52. The van der Waals surface area contributed by atoms with E-state index in [0.717, 1.165) is 16.6 Å². The second-order valence-electron chi connectivity index (χ2n) is 5.12. The van der Waals surface area contributed by atoms with Gasteiger partial charge in [0.15, 0.2) is 0 Å². The number of rotatable bonds is 2. The SMILES string of the molecule is Cc1cc(C)c2ccc3cc([N+](=O)[O-])c([N+](=O)[O-])cc3c2n1. The van der Waals surface area contributed by atoms with E-state index < -0.39 is 21.2 Å². The third-order valence-electron chi connectivity index (χ3n) is 3.62. The minimum atomic E-state index is -0.739. The fraction of sp³-hybridized carbons (Fsp3) is 0.133. The van der Waals surface area contributed by atoms with E-state index >= 15 is 0 Å². The molecule has 2 aromatic carbocycles. The van der Waals surface area contributed by atoms with Gasteiger partial charge in [-0.2, -0.15) is 0 Å². The molecule has 0 spiro atoms. The Labute approximate surface area is 124 Å². The second-order valence-corrected chi connectivity index (χ2v) is 5.12. The van der Waals surface area contributed by atoms with Crippen LogP contribution in [0.25, 0.3) is 21.7 Å². The molecule has 0 fully saturated rings. The Morgan fingerprint density at radius 1 is 0.909 bits per heavy atom. The van der Waals surface area contributed by atoms with E-state index in [1.54, 1.807) is 6.07 Å². The van der Waals surface area contributed by atoms with Crippen molar-refractivity contribution in [3.05, 3.63) is 61.8 Å². The lowest BCUT2D eigenvalue weighted by Crippen LogP contribution is -1.97. The topological polar surface area (TPSA) is 99.2 Å². The summed E-state index contributed by atoms with van der Waals surface area (Å²) in [5.41, 5.74) is 1.38. The summed E-state index contributed by atoms with van der Waals surface area (Å²) in [5.74, 6) is 0. The summed E-state index contributed by atoms with van der Waals surface area (Å²) in [6.45, 7) is 3.77. The third kappa shape index (κ3) is 2.03. The molecular weight excluding hydrogens is 286 g/mol. The molecule has 0 bridgehead atoms. The molecule has 110 valence electrons. The van der Waals surface area contributed by atoms with Crippen molar-refractivity contribution in [3.8, 4) is 0 Å². The van der Waals surface area contributed by atoms with Crippen LogP contribution in [0, 0.1) is 34.1 Å². The lowest BCUT2D eigenvalue weighted by atomic mass is 10.0. The monoisotopic (exact) mass is 297 g/mol. The van der Waals surface area contributed by atoms with Gasteiger partial charge in [0.1, 0.15) is 0 Å². The minimum absolute atomic E-state index is 0.513. The van der Waals surface area contributed by atoms with Crippen LogP contribution in [0.15, 0.2) is 30.3 Å². The average molecular weight is 297 g/mol. The highest BCUT2D eigenvalue weighted by Crippen LogP contribution is 2.35. The Kier molecular flexibility index (Phi) is 2.98. The lowest BCUT2D eigenvalue weighted by molar-refractivity contribution is -0.422. The van der Waals surface area contributed by atoms with E-state index in [-0.39, 0.29) is 0 Å². The number of aromatic nitrogens is 1. The smallest absolute Gasteiger partial charge is 0.258 e. The summed E-state index contributed by atoms with van der Waals surface area (Å²) >= 11 is 0. The number of hydrogen-bond acceptors (Lipinski definition) is 5. The molecular formula is C15H11N3O4. The fourth-order valence-corrected chi connectivity index (χ4v) is 2.66. The largest absolute Gasteiger partial charge is 0.346 e. The van der Waals surface area contributed by atoms with Crippen molar-refractivity contribution < 1.29 is 9.85 Å². The number of benzene rings is 2. The fourth-order valence-electron chi connectivity index (χ4n) is 2.66. The number of fused-ring (bicyclic) bond motifs is 3. The Bertz CT molecular complexity index is 966. The molecule has 0 saturated heterocycles. The van der Waals surface area contributed by atoms with Gasteiger partial charge < -0.3 is 0 Å². The predicted octanol–water partition coefficient (Wildman–Crippen LogP) is 3.82. The van der Waals surface area contributed by atoms with Crippen LogP contribution in [-0.2, 0) is 0 Å². The molecule has 0 aliphatic carbocycles. The van der Waals surface area contributed by atoms with Crippen LogP contribution in [-0.4, -0.2) is 14.8 Å². The number of pyridine rings is 1. The van der Waals surface area contributed by atoms with Crippen LogP contribution >= 0.6 is 0 Å². The number of nitro benzene ring substituents is 2. The Balaban J connectivity index is 2.51. The van der Waals surface area contributed by atoms with Gasteiger partial charge in [0.05, 0.1) is 15.4 Å². The molecule has 0 saturated carbocycles. The summed E-state index contributed by atoms with van der Waals surface area (Å²) in [5, 5.41) is 24.1. The Hall–Kier alpha value is -3.09. The normalized spacial score (nSPS) is 11.0. The molecule has 0 N–H and O–H groups in total. The summed E-state index contributed by atoms with van der Waals surface area (Å²) < 4.78 is 0. The number of nitro groups is 2. The third-order valence-corrected chi connectivity index (χ3v) is 3.62. The van der Waals surface area contributed by atoms with E-state index in [2.05, 4.69) is 4.98 Å². The first-order chi connectivity index (χ1) is 10.4. The first kappa shape index (κ1) is 13.9. The molecule has 0 atom stereocenters. The maximum atomic E-state index is 11.1. The van der Waals surface area contributed by atoms with Gasteiger partial charge in [-0.25, -0.2) is 0 Å². The molecule has 7 heteroatoms. The van der Waals surface area contributed by atoms with Crippen molar-refractivity contribution in [2.75, 3.05) is 0 Å². The Morgan fingerprint density at radius 3 is 2.18 bits per heavy atom. The van der Waals surface area contributed by atoms with Crippen LogP contribution in [0.5, 0.6) is 0 Å². The van der Waals surface area contributed by atoms with Crippen LogP contribution < -0.4 is 0 Å². The number of hydrogen-bond donors (Lipinski definition) is 0. The van der Waals surface area contributed by atoms with E-state index in [0.29, 0.717) is 16.3 Å². The predicted molar refractivity (Wildman–Crippen MR) is 82.0 cm³/mol. The molecule has 7 nitrogen and oxygen atoms in total. The summed E-state index contributed by atoms with van der Waals surface area (Å²) in [7, 11) is 0. The Morgan fingerprint density at radius 2 is 1.55 bits per heavy atom. The quantitative estimate of drug-likeness (QED) is 0.406. The van der Waals surface area contributed by atoms with Gasteiger partial charge in [0.25, 0.3) is 0 Å². The molecule has 0 aliphatic heterocycles. The van der Waals surface area contributed by atoms with E-state index in [4.69, 9.17) is 0 Å². The maximum Gasteiger partial charge on any atom is 0.346 e. The van der Waals surface area contributed by atoms with Gasteiger partial charge in [-0.15, -0.1) is 0 Å². The van der Waals surface area contributed by atoms with E-state index in [1.165, 1.54) is 12.1 Å². The zero-order chi connectivity index (χ0) is 16.0. The van der Waals surface area contributed by atoms with Crippen LogP contribution in [0.4, 0.5) is 11.4 Å². The average Bonchev–Trinajstić information content (AvgIpc) is 2.45. The first-order valence-corrected chi connectivity index (χ1v) is 6.52. The van der Waals surface area contributed by atoms with Crippen molar-refractivity contribution in [1.82, 2.24) is 4.98 Å². The van der Waals surface area contributed by atoms with Crippen molar-refractivity contribution in [1.29, 1.82) is 0 Å². The van der Waals surface area contributed by atoms with Gasteiger partial charge in [-0.3, -0.25) is 25.2 Å². The van der Waals surface area contributed by atoms with Gasteiger partial charge in [-0.05, 0) is 30.9 Å². The number of aryl methyl sites for hydroxylation is 2. The van der Waals surface area contributed by atoms with Crippen molar-refractivity contribution in [2.24, 2.45) is 0 Å². The summed E-state index contributed by atoms with van der Waals surface area (Å²) in [6, 6.07) is 7.94. The molecule has 22 heavy (non-hydrogen) atoms. The van der Waals surface area contributed by atoms with Gasteiger partial charge in [0.2, 0.25) is 0 Å². The van der Waals surface area contributed by atoms with Gasteiger partial charge in [0, 0.05) is 28.6 Å². The molecule has 3 aromatic rings. The molecule has 3 rings (SSSR count). The molecule has 0 radical (unpaired) electrons. The molecule has 1 aromatic heterocycles. The lowest BCUT2D eigenvalue weighted by Gasteiger charge is -2.07. The maximum absolute atomic E-state index is 11.1.